The zero-order valence-electron chi connectivity index (χ0n) is 7.92. The third-order valence-electron chi connectivity index (χ3n) is 2.06. The molecule has 0 aliphatic carbocycles. The minimum absolute atomic E-state index is 0.251. The number of hydrogen-bond donors (Lipinski definition) is 1. The maximum absolute atomic E-state index is 11.1. The molecule has 0 atom stereocenters. The predicted octanol–water partition coefficient (Wildman–Crippen LogP) is 1.81. The van der Waals surface area contributed by atoms with Gasteiger partial charge in [0.05, 0.1) is 0 Å². The first kappa shape index (κ1) is 9.40. The van der Waals surface area contributed by atoms with Gasteiger partial charge in [-0.05, 0) is 23.8 Å². The first-order valence-corrected chi connectivity index (χ1v) is 4.51. The molecule has 1 aromatic carbocycles. The summed E-state index contributed by atoms with van der Waals surface area (Å²) in [5.74, 6) is -0.251. The molecule has 2 aromatic rings. The lowest BCUT2D eigenvalue weighted by molar-refractivity contribution is 0.471. The molecule has 15 heavy (non-hydrogen) atoms. The minimum atomic E-state index is -0.384. The highest BCUT2D eigenvalue weighted by molar-refractivity contribution is 5.63. The molecule has 3 nitrogen and oxygen atoms in total. The van der Waals surface area contributed by atoms with Crippen LogP contribution in [0.15, 0.2) is 53.6 Å². The fourth-order valence-electron chi connectivity index (χ4n) is 1.30. The van der Waals surface area contributed by atoms with E-state index in [0.29, 0.717) is 0 Å². The molecule has 0 amide bonds. The molecule has 2 rings (SSSR count). The number of aromatic nitrogens is 1. The Hall–Kier alpha value is -2.16. The van der Waals surface area contributed by atoms with Crippen molar-refractivity contribution in [3.63, 3.8) is 0 Å². The first-order chi connectivity index (χ1) is 7.27. The van der Waals surface area contributed by atoms with E-state index in [1.165, 1.54) is 12.1 Å². The van der Waals surface area contributed by atoms with E-state index in [4.69, 9.17) is 0 Å². The Labute approximate surface area is 86.7 Å². The molecule has 74 valence electrons. The predicted molar refractivity (Wildman–Crippen MR) is 57.6 cm³/mol. The lowest BCUT2D eigenvalue weighted by Crippen LogP contribution is -1.91. The van der Waals surface area contributed by atoms with Gasteiger partial charge in [0.25, 0.3) is 0 Å². The lowest BCUT2D eigenvalue weighted by atomic mass is 10.1. The second-order valence-electron chi connectivity index (χ2n) is 3.12. The molecule has 0 bridgehead atoms. The van der Waals surface area contributed by atoms with Gasteiger partial charge in [-0.15, -0.1) is 0 Å². The number of nitrogens with zero attached hydrogens (tertiary/aromatic N) is 1. The maximum Gasteiger partial charge on any atom is 0.220 e. The van der Waals surface area contributed by atoms with Crippen LogP contribution in [-0.2, 0) is 0 Å². The van der Waals surface area contributed by atoms with Crippen molar-refractivity contribution >= 4 is 0 Å². The lowest BCUT2D eigenvalue weighted by Gasteiger charge is -1.96. The van der Waals surface area contributed by atoms with Crippen LogP contribution in [0.4, 0.5) is 0 Å². The third-order valence-corrected chi connectivity index (χ3v) is 2.06. The van der Waals surface area contributed by atoms with Gasteiger partial charge in [-0.1, -0.05) is 18.2 Å². The summed E-state index contributed by atoms with van der Waals surface area (Å²) in [4.78, 5) is 15.1. The minimum Gasteiger partial charge on any atom is -0.504 e. The normalized spacial score (nSPS) is 9.87. The van der Waals surface area contributed by atoms with Crippen molar-refractivity contribution in [1.29, 1.82) is 0 Å². The molecule has 0 spiro atoms. The number of hydrogen-bond acceptors (Lipinski definition) is 3. The average molecular weight is 199 g/mol. The Bertz CT molecular complexity index is 523. The van der Waals surface area contributed by atoms with Crippen molar-refractivity contribution in [3.05, 3.63) is 59.0 Å². The van der Waals surface area contributed by atoms with E-state index in [1.807, 2.05) is 6.07 Å². The monoisotopic (exact) mass is 199 g/mol. The fraction of sp³-hybridized carbons (Fsp3) is 0. The molecule has 0 saturated heterocycles. The van der Waals surface area contributed by atoms with Crippen molar-refractivity contribution in [2.45, 2.75) is 0 Å². The van der Waals surface area contributed by atoms with Crippen molar-refractivity contribution in [2.75, 3.05) is 0 Å². The molecule has 0 fully saturated rings. The van der Waals surface area contributed by atoms with Gasteiger partial charge in [0.2, 0.25) is 5.43 Å². The van der Waals surface area contributed by atoms with Crippen molar-refractivity contribution in [1.82, 2.24) is 4.98 Å². The van der Waals surface area contributed by atoms with Gasteiger partial charge in [-0.3, -0.25) is 9.78 Å². The van der Waals surface area contributed by atoms with Gasteiger partial charge in [0, 0.05) is 18.0 Å². The fourth-order valence-corrected chi connectivity index (χ4v) is 1.30. The van der Waals surface area contributed by atoms with Gasteiger partial charge in [-0.25, -0.2) is 0 Å². The molecule has 0 radical (unpaired) electrons. The Morgan fingerprint density at radius 1 is 1.07 bits per heavy atom. The van der Waals surface area contributed by atoms with Crippen LogP contribution in [0.3, 0.4) is 0 Å². The Morgan fingerprint density at radius 3 is 2.60 bits per heavy atom. The Morgan fingerprint density at radius 2 is 1.87 bits per heavy atom. The maximum atomic E-state index is 11.1. The van der Waals surface area contributed by atoms with Gasteiger partial charge in [0.15, 0.2) is 5.75 Å². The smallest absolute Gasteiger partial charge is 0.220 e. The summed E-state index contributed by atoms with van der Waals surface area (Å²) in [5.41, 5.74) is 1.25. The van der Waals surface area contributed by atoms with Crippen LogP contribution in [0.2, 0.25) is 0 Å². The van der Waals surface area contributed by atoms with E-state index >= 15 is 0 Å². The molecule has 1 aromatic heterocycles. The summed E-state index contributed by atoms with van der Waals surface area (Å²) >= 11 is 0. The largest absolute Gasteiger partial charge is 0.504 e. The van der Waals surface area contributed by atoms with Crippen molar-refractivity contribution in [3.8, 4) is 16.9 Å². The molecule has 1 heterocycles. The number of aromatic hydroxyl groups is 1. The van der Waals surface area contributed by atoms with Crippen molar-refractivity contribution < 1.29 is 5.11 Å². The third kappa shape index (κ3) is 2.02. The van der Waals surface area contributed by atoms with E-state index in [0.717, 1.165) is 11.1 Å². The molecular formula is C12H9NO2. The van der Waals surface area contributed by atoms with Gasteiger partial charge >= 0.3 is 0 Å². The zero-order chi connectivity index (χ0) is 10.7. The summed E-state index contributed by atoms with van der Waals surface area (Å²) in [7, 11) is 0. The van der Waals surface area contributed by atoms with Crippen molar-refractivity contribution in [2.24, 2.45) is 0 Å². The Kier molecular flexibility index (Phi) is 2.46. The molecular weight excluding hydrogens is 190 g/mol. The highest BCUT2D eigenvalue weighted by atomic mass is 16.3. The van der Waals surface area contributed by atoms with E-state index in [1.54, 1.807) is 30.6 Å². The summed E-state index contributed by atoms with van der Waals surface area (Å²) < 4.78 is 0. The first-order valence-electron chi connectivity index (χ1n) is 4.51. The summed E-state index contributed by atoms with van der Waals surface area (Å²) in [6.45, 7) is 0. The number of pyridine rings is 1. The van der Waals surface area contributed by atoms with Crippen LogP contribution in [0.5, 0.6) is 5.75 Å². The molecule has 0 aliphatic heterocycles. The van der Waals surface area contributed by atoms with E-state index < -0.39 is 0 Å². The SMILES string of the molecule is O=c1cccc(-c2cccnc2)cc1O. The van der Waals surface area contributed by atoms with Crippen LogP contribution in [0.25, 0.3) is 11.1 Å². The topological polar surface area (TPSA) is 50.2 Å². The molecule has 3 heteroatoms. The molecule has 0 unspecified atom stereocenters. The summed E-state index contributed by atoms with van der Waals surface area (Å²) in [5, 5.41) is 9.39. The second kappa shape index (κ2) is 3.92. The standard InChI is InChI=1S/C12H9NO2/c14-11-5-1-3-9(7-12(11)15)10-4-2-6-13-8-10/h1-8H,(H,14,15). The second-order valence-corrected chi connectivity index (χ2v) is 3.12. The summed E-state index contributed by atoms with van der Waals surface area (Å²) in [6.07, 6.45) is 3.35. The summed E-state index contributed by atoms with van der Waals surface area (Å²) in [6, 6.07) is 9.82. The van der Waals surface area contributed by atoms with Gasteiger partial charge in [0.1, 0.15) is 0 Å². The number of rotatable bonds is 1. The van der Waals surface area contributed by atoms with Crippen LogP contribution in [0, 0.1) is 0 Å². The Balaban J connectivity index is 2.61. The highest BCUT2D eigenvalue weighted by Crippen LogP contribution is 2.18. The van der Waals surface area contributed by atoms with E-state index in [9.17, 15) is 9.90 Å². The van der Waals surface area contributed by atoms with Gasteiger partial charge in [-0.2, -0.15) is 0 Å². The van der Waals surface area contributed by atoms with Crippen LogP contribution >= 0.6 is 0 Å². The molecule has 0 saturated carbocycles. The molecule has 0 aliphatic rings. The van der Waals surface area contributed by atoms with E-state index in [-0.39, 0.29) is 11.2 Å². The zero-order valence-corrected chi connectivity index (χ0v) is 7.92. The average Bonchev–Trinajstić information content (AvgIpc) is 2.43. The van der Waals surface area contributed by atoms with Crippen LogP contribution in [0.1, 0.15) is 0 Å². The van der Waals surface area contributed by atoms with E-state index in [2.05, 4.69) is 4.98 Å². The van der Waals surface area contributed by atoms with Gasteiger partial charge < -0.3 is 5.11 Å². The van der Waals surface area contributed by atoms with Crippen LogP contribution in [-0.4, -0.2) is 10.1 Å². The quantitative estimate of drug-likeness (QED) is 0.762. The molecule has 1 N–H and O–H groups in total. The van der Waals surface area contributed by atoms with Crippen LogP contribution < -0.4 is 5.43 Å². The highest BCUT2D eigenvalue weighted by Gasteiger charge is 1.98.